The van der Waals surface area contributed by atoms with Crippen molar-refractivity contribution in [1.82, 2.24) is 0 Å². The first kappa shape index (κ1) is 17.6. The molecule has 5 heteroatoms. The van der Waals surface area contributed by atoms with Crippen LogP contribution >= 0.6 is 0 Å². The molecule has 27 heavy (non-hydrogen) atoms. The fourth-order valence-corrected chi connectivity index (χ4v) is 3.77. The molecule has 0 spiro atoms. The highest BCUT2D eigenvalue weighted by atomic mass is 16.5. The van der Waals surface area contributed by atoms with Gasteiger partial charge in [-0.3, -0.25) is 9.59 Å². The van der Waals surface area contributed by atoms with Gasteiger partial charge in [0.25, 0.3) is 5.91 Å². The largest absolute Gasteiger partial charge is 0.481 e. The second kappa shape index (κ2) is 7.43. The van der Waals surface area contributed by atoms with E-state index < -0.39 is 6.10 Å². The molecule has 1 heterocycles. The summed E-state index contributed by atoms with van der Waals surface area (Å²) < 4.78 is 5.83. The fraction of sp³-hybridized carbons (Fsp3) is 0.364. The molecule has 2 amide bonds. The zero-order chi connectivity index (χ0) is 18.8. The summed E-state index contributed by atoms with van der Waals surface area (Å²) in [4.78, 5) is 26.0. The minimum absolute atomic E-state index is 0.156. The van der Waals surface area contributed by atoms with Crippen LogP contribution in [0.5, 0.6) is 5.75 Å². The summed E-state index contributed by atoms with van der Waals surface area (Å²) in [6.07, 6.45) is 4.31. The quantitative estimate of drug-likeness (QED) is 0.880. The Morgan fingerprint density at radius 2 is 1.81 bits per heavy atom. The molecule has 0 aromatic heterocycles. The molecule has 2 aromatic carbocycles. The number of anilines is 2. The monoisotopic (exact) mass is 364 g/mol. The number of benzene rings is 2. The number of carbonyl (C=O) groups excluding carboxylic acids is 2. The van der Waals surface area contributed by atoms with E-state index in [-0.39, 0.29) is 11.8 Å². The second-order valence-electron chi connectivity index (χ2n) is 7.23. The van der Waals surface area contributed by atoms with Crippen molar-refractivity contribution in [3.05, 3.63) is 53.6 Å². The highest BCUT2D eigenvalue weighted by molar-refractivity contribution is 5.96. The van der Waals surface area contributed by atoms with Gasteiger partial charge in [0.2, 0.25) is 5.91 Å². The maximum atomic E-state index is 12.4. The van der Waals surface area contributed by atoms with Crippen LogP contribution < -0.4 is 15.0 Å². The SMILES string of the molecule is C[C@H](Oc1ccc2c(c1)CCC2)C(=O)Nc1ccc(N2CCCC2=O)cc1. The van der Waals surface area contributed by atoms with Crippen LogP contribution in [0.4, 0.5) is 11.4 Å². The van der Waals surface area contributed by atoms with E-state index in [1.54, 1.807) is 11.8 Å². The van der Waals surface area contributed by atoms with Gasteiger partial charge in [-0.15, -0.1) is 0 Å². The molecular formula is C22H24N2O3. The molecule has 1 aliphatic heterocycles. The van der Waals surface area contributed by atoms with Gasteiger partial charge in [0.15, 0.2) is 6.10 Å². The second-order valence-corrected chi connectivity index (χ2v) is 7.23. The standard InChI is InChI=1S/C22H24N2O3/c1-15(27-20-12-7-16-4-2-5-17(16)14-20)22(26)23-18-8-10-19(11-9-18)24-13-3-6-21(24)25/h7-12,14-15H,2-6,13H2,1H3,(H,23,26)/t15-/m0/s1. The van der Waals surface area contributed by atoms with Gasteiger partial charge in [-0.2, -0.15) is 0 Å². The lowest BCUT2D eigenvalue weighted by Gasteiger charge is -2.17. The lowest BCUT2D eigenvalue weighted by Crippen LogP contribution is -2.30. The van der Waals surface area contributed by atoms with E-state index >= 15 is 0 Å². The number of nitrogens with one attached hydrogen (secondary N) is 1. The van der Waals surface area contributed by atoms with Gasteiger partial charge >= 0.3 is 0 Å². The van der Waals surface area contributed by atoms with Crippen LogP contribution in [0.2, 0.25) is 0 Å². The summed E-state index contributed by atoms with van der Waals surface area (Å²) in [7, 11) is 0. The summed E-state index contributed by atoms with van der Waals surface area (Å²) in [6, 6.07) is 13.5. The third-order valence-corrected chi connectivity index (χ3v) is 5.27. The highest BCUT2D eigenvalue weighted by Crippen LogP contribution is 2.27. The van der Waals surface area contributed by atoms with Crippen LogP contribution in [0.15, 0.2) is 42.5 Å². The van der Waals surface area contributed by atoms with Gasteiger partial charge < -0.3 is 15.0 Å². The van der Waals surface area contributed by atoms with E-state index in [4.69, 9.17) is 4.74 Å². The number of hydrogen-bond donors (Lipinski definition) is 1. The van der Waals surface area contributed by atoms with E-state index in [1.165, 1.54) is 17.5 Å². The van der Waals surface area contributed by atoms with Crippen molar-refractivity contribution >= 4 is 23.2 Å². The highest BCUT2D eigenvalue weighted by Gasteiger charge is 2.22. The third-order valence-electron chi connectivity index (χ3n) is 5.27. The predicted octanol–water partition coefficient (Wildman–Crippen LogP) is 3.71. The van der Waals surface area contributed by atoms with Gasteiger partial charge in [-0.1, -0.05) is 6.07 Å². The summed E-state index contributed by atoms with van der Waals surface area (Å²) >= 11 is 0. The van der Waals surface area contributed by atoms with Crippen molar-refractivity contribution in [2.45, 2.75) is 45.1 Å². The minimum atomic E-state index is -0.593. The summed E-state index contributed by atoms with van der Waals surface area (Å²) in [5.74, 6) is 0.699. The molecule has 1 saturated heterocycles. The molecule has 140 valence electrons. The van der Waals surface area contributed by atoms with Crippen LogP contribution in [0, 0.1) is 0 Å². The molecule has 1 N–H and O–H groups in total. The Bertz CT molecular complexity index is 860. The minimum Gasteiger partial charge on any atom is -0.481 e. The Balaban J connectivity index is 1.36. The third kappa shape index (κ3) is 3.82. The van der Waals surface area contributed by atoms with Gasteiger partial charge in [0.1, 0.15) is 5.75 Å². The Hall–Kier alpha value is -2.82. The molecule has 1 fully saturated rings. The molecule has 0 unspecified atom stereocenters. The number of carbonyl (C=O) groups is 2. The topological polar surface area (TPSA) is 58.6 Å². The summed E-state index contributed by atoms with van der Waals surface area (Å²) in [5.41, 5.74) is 4.28. The van der Waals surface area contributed by atoms with Gasteiger partial charge in [-0.05, 0) is 80.1 Å². The summed E-state index contributed by atoms with van der Waals surface area (Å²) in [5, 5.41) is 2.88. The van der Waals surface area contributed by atoms with E-state index in [1.807, 2.05) is 36.4 Å². The molecule has 1 aliphatic carbocycles. The molecule has 0 radical (unpaired) electrons. The number of fused-ring (bicyclic) bond motifs is 1. The van der Waals surface area contributed by atoms with Gasteiger partial charge in [0, 0.05) is 24.3 Å². The Labute approximate surface area is 159 Å². The number of hydrogen-bond acceptors (Lipinski definition) is 3. The number of rotatable bonds is 5. The van der Waals surface area contributed by atoms with E-state index in [0.717, 1.165) is 37.2 Å². The molecular weight excluding hydrogens is 340 g/mol. The van der Waals surface area contributed by atoms with Crippen LogP contribution in [0.1, 0.15) is 37.3 Å². The van der Waals surface area contributed by atoms with Crippen LogP contribution in [-0.4, -0.2) is 24.5 Å². The van der Waals surface area contributed by atoms with E-state index in [0.29, 0.717) is 12.1 Å². The Morgan fingerprint density at radius 1 is 1.04 bits per heavy atom. The zero-order valence-corrected chi connectivity index (χ0v) is 15.5. The van der Waals surface area contributed by atoms with Gasteiger partial charge in [0.05, 0.1) is 0 Å². The van der Waals surface area contributed by atoms with Crippen molar-refractivity contribution < 1.29 is 14.3 Å². The predicted molar refractivity (Wildman–Crippen MR) is 105 cm³/mol. The Morgan fingerprint density at radius 3 is 2.56 bits per heavy atom. The fourth-order valence-electron chi connectivity index (χ4n) is 3.77. The average Bonchev–Trinajstić information content (AvgIpc) is 3.30. The zero-order valence-electron chi connectivity index (χ0n) is 15.5. The first-order valence-corrected chi connectivity index (χ1v) is 9.60. The molecule has 1 atom stereocenters. The maximum Gasteiger partial charge on any atom is 0.265 e. The molecule has 0 bridgehead atoms. The van der Waals surface area contributed by atoms with Gasteiger partial charge in [-0.25, -0.2) is 0 Å². The van der Waals surface area contributed by atoms with Crippen LogP contribution in [0.3, 0.4) is 0 Å². The van der Waals surface area contributed by atoms with Crippen molar-refractivity contribution in [3.63, 3.8) is 0 Å². The first-order valence-electron chi connectivity index (χ1n) is 9.60. The molecule has 0 saturated carbocycles. The number of ether oxygens (including phenoxy) is 1. The van der Waals surface area contributed by atoms with E-state index in [9.17, 15) is 9.59 Å². The smallest absolute Gasteiger partial charge is 0.265 e. The Kier molecular flexibility index (Phi) is 4.84. The average molecular weight is 364 g/mol. The number of amides is 2. The molecule has 4 rings (SSSR count). The first-order chi connectivity index (χ1) is 13.1. The summed E-state index contributed by atoms with van der Waals surface area (Å²) in [6.45, 7) is 2.51. The van der Waals surface area contributed by atoms with Crippen molar-refractivity contribution in [2.75, 3.05) is 16.8 Å². The number of aryl methyl sites for hydroxylation is 2. The maximum absolute atomic E-state index is 12.4. The van der Waals surface area contributed by atoms with Crippen LogP contribution in [-0.2, 0) is 22.4 Å². The molecule has 2 aliphatic rings. The number of nitrogens with zero attached hydrogens (tertiary/aromatic N) is 1. The molecule has 5 nitrogen and oxygen atoms in total. The van der Waals surface area contributed by atoms with Crippen LogP contribution in [0.25, 0.3) is 0 Å². The van der Waals surface area contributed by atoms with Crippen molar-refractivity contribution in [3.8, 4) is 5.75 Å². The lowest BCUT2D eigenvalue weighted by atomic mass is 10.1. The normalized spacial score (nSPS) is 16.9. The lowest BCUT2D eigenvalue weighted by molar-refractivity contribution is -0.122. The molecule has 2 aromatic rings. The van der Waals surface area contributed by atoms with Crippen molar-refractivity contribution in [2.24, 2.45) is 0 Å². The van der Waals surface area contributed by atoms with Crippen molar-refractivity contribution in [1.29, 1.82) is 0 Å². The van der Waals surface area contributed by atoms with E-state index in [2.05, 4.69) is 11.4 Å².